The summed E-state index contributed by atoms with van der Waals surface area (Å²) in [5, 5.41) is 6.83. The number of rotatable bonds is 3. The van der Waals surface area contributed by atoms with Crippen LogP contribution in [0.5, 0.6) is 0 Å². The van der Waals surface area contributed by atoms with Gasteiger partial charge in [0, 0.05) is 19.6 Å². The molecule has 1 aliphatic carbocycles. The summed E-state index contributed by atoms with van der Waals surface area (Å²) in [5.74, 6) is 0.575. The Hall–Kier alpha value is -0.610. The summed E-state index contributed by atoms with van der Waals surface area (Å²) in [7, 11) is 0. The van der Waals surface area contributed by atoms with Gasteiger partial charge in [-0.1, -0.05) is 32.1 Å². The fourth-order valence-electron chi connectivity index (χ4n) is 3.39. The van der Waals surface area contributed by atoms with E-state index in [0.717, 1.165) is 19.5 Å². The first-order valence-electron chi connectivity index (χ1n) is 8.10. The third-order valence-corrected chi connectivity index (χ3v) is 4.34. The average Bonchev–Trinajstić information content (AvgIpc) is 2.39. The zero-order valence-electron chi connectivity index (χ0n) is 13.3. The second-order valence-corrected chi connectivity index (χ2v) is 7.40. The highest BCUT2D eigenvalue weighted by Gasteiger charge is 2.44. The van der Waals surface area contributed by atoms with Crippen molar-refractivity contribution >= 4 is 5.97 Å². The fourth-order valence-corrected chi connectivity index (χ4v) is 3.39. The number of carbonyl (C=O) groups excluding carboxylic acids is 1. The van der Waals surface area contributed by atoms with Crippen molar-refractivity contribution in [1.29, 1.82) is 0 Å². The second-order valence-electron chi connectivity index (χ2n) is 7.40. The summed E-state index contributed by atoms with van der Waals surface area (Å²) in [5.41, 5.74) is -0.941. The molecule has 2 fully saturated rings. The standard InChI is InChI=1S/C16H30N2O2/c1-15(2,3)20-14(19)16(12-17-9-10-18-16)11-13-7-5-4-6-8-13/h13,17-18H,4-12H2,1-3H3. The molecule has 1 heterocycles. The van der Waals surface area contributed by atoms with E-state index >= 15 is 0 Å². The normalized spacial score (nSPS) is 29.1. The Labute approximate surface area is 123 Å². The van der Waals surface area contributed by atoms with Crippen LogP contribution in [0.2, 0.25) is 0 Å². The van der Waals surface area contributed by atoms with Gasteiger partial charge in [-0.2, -0.15) is 0 Å². The van der Waals surface area contributed by atoms with E-state index in [-0.39, 0.29) is 5.97 Å². The van der Waals surface area contributed by atoms with Crippen LogP contribution in [0.25, 0.3) is 0 Å². The summed E-state index contributed by atoms with van der Waals surface area (Å²) >= 11 is 0. The molecule has 0 aromatic carbocycles. The highest BCUT2D eigenvalue weighted by Crippen LogP contribution is 2.32. The highest BCUT2D eigenvalue weighted by atomic mass is 16.6. The zero-order chi connectivity index (χ0) is 14.6. The molecule has 0 amide bonds. The molecule has 4 heteroatoms. The highest BCUT2D eigenvalue weighted by molar-refractivity contribution is 5.82. The van der Waals surface area contributed by atoms with Crippen molar-refractivity contribution in [2.45, 2.75) is 70.4 Å². The van der Waals surface area contributed by atoms with Crippen molar-refractivity contribution < 1.29 is 9.53 Å². The van der Waals surface area contributed by atoms with Gasteiger partial charge in [0.25, 0.3) is 0 Å². The predicted molar refractivity (Wildman–Crippen MR) is 80.6 cm³/mol. The maximum atomic E-state index is 12.7. The van der Waals surface area contributed by atoms with Gasteiger partial charge in [0.15, 0.2) is 0 Å². The molecule has 0 aromatic rings. The van der Waals surface area contributed by atoms with Crippen LogP contribution >= 0.6 is 0 Å². The van der Waals surface area contributed by atoms with E-state index in [0.29, 0.717) is 12.5 Å². The van der Waals surface area contributed by atoms with Gasteiger partial charge in [-0.3, -0.25) is 5.32 Å². The molecular formula is C16H30N2O2. The van der Waals surface area contributed by atoms with Crippen molar-refractivity contribution in [2.24, 2.45) is 5.92 Å². The molecule has 4 nitrogen and oxygen atoms in total. The molecule has 0 radical (unpaired) electrons. The second kappa shape index (κ2) is 6.44. The summed E-state index contributed by atoms with van der Waals surface area (Å²) in [6.07, 6.45) is 7.39. The van der Waals surface area contributed by atoms with Gasteiger partial charge >= 0.3 is 5.97 Å². The van der Waals surface area contributed by atoms with Gasteiger partial charge in [0.2, 0.25) is 0 Å². The van der Waals surface area contributed by atoms with E-state index in [4.69, 9.17) is 4.74 Å². The molecule has 1 atom stereocenters. The number of hydrogen-bond acceptors (Lipinski definition) is 4. The molecule has 1 unspecified atom stereocenters. The number of hydrogen-bond donors (Lipinski definition) is 2. The Bertz CT molecular complexity index is 324. The molecule has 116 valence electrons. The molecule has 1 saturated carbocycles. The van der Waals surface area contributed by atoms with E-state index in [2.05, 4.69) is 10.6 Å². The minimum absolute atomic E-state index is 0.0808. The largest absolute Gasteiger partial charge is 0.459 e. The van der Waals surface area contributed by atoms with Crippen molar-refractivity contribution in [1.82, 2.24) is 10.6 Å². The third kappa shape index (κ3) is 4.19. The average molecular weight is 282 g/mol. The maximum Gasteiger partial charge on any atom is 0.328 e. The van der Waals surface area contributed by atoms with Crippen molar-refractivity contribution in [3.05, 3.63) is 0 Å². The smallest absolute Gasteiger partial charge is 0.328 e. The Balaban J connectivity index is 2.05. The summed E-state index contributed by atoms with van der Waals surface area (Å²) in [6, 6.07) is 0. The van der Waals surface area contributed by atoms with Crippen molar-refractivity contribution in [3.8, 4) is 0 Å². The molecule has 2 rings (SSSR count). The van der Waals surface area contributed by atoms with Gasteiger partial charge in [-0.05, 0) is 33.1 Å². The Morgan fingerprint density at radius 3 is 2.45 bits per heavy atom. The number of piperazine rings is 1. The van der Waals surface area contributed by atoms with Crippen LogP contribution in [-0.4, -0.2) is 36.7 Å². The lowest BCUT2D eigenvalue weighted by Gasteiger charge is -2.41. The third-order valence-electron chi connectivity index (χ3n) is 4.34. The van der Waals surface area contributed by atoms with Crippen LogP contribution in [0.15, 0.2) is 0 Å². The van der Waals surface area contributed by atoms with Crippen LogP contribution < -0.4 is 10.6 Å². The molecule has 2 aliphatic rings. The first-order valence-corrected chi connectivity index (χ1v) is 8.10. The summed E-state index contributed by atoms with van der Waals surface area (Å²) in [4.78, 5) is 12.7. The summed E-state index contributed by atoms with van der Waals surface area (Å²) in [6.45, 7) is 8.28. The molecule has 1 aliphatic heterocycles. The lowest BCUT2D eigenvalue weighted by Crippen LogP contribution is -2.65. The van der Waals surface area contributed by atoms with Crippen LogP contribution in [0, 0.1) is 5.92 Å². The molecule has 20 heavy (non-hydrogen) atoms. The monoisotopic (exact) mass is 282 g/mol. The number of nitrogens with one attached hydrogen (secondary N) is 2. The number of carbonyl (C=O) groups is 1. The molecule has 2 N–H and O–H groups in total. The first-order chi connectivity index (χ1) is 9.41. The quantitative estimate of drug-likeness (QED) is 0.779. The SMILES string of the molecule is CC(C)(C)OC(=O)C1(CC2CCCCC2)CNCCN1. The maximum absolute atomic E-state index is 12.7. The van der Waals surface area contributed by atoms with E-state index in [1.54, 1.807) is 0 Å². The summed E-state index contributed by atoms with van der Waals surface area (Å²) < 4.78 is 5.68. The van der Waals surface area contributed by atoms with Gasteiger partial charge in [-0.25, -0.2) is 4.79 Å². The lowest BCUT2D eigenvalue weighted by molar-refractivity contribution is -0.164. The Kier molecular flexibility index (Phi) is 5.08. The van der Waals surface area contributed by atoms with E-state index in [9.17, 15) is 4.79 Å². The number of ether oxygens (including phenoxy) is 1. The van der Waals surface area contributed by atoms with Crippen molar-refractivity contribution in [3.63, 3.8) is 0 Å². The van der Waals surface area contributed by atoms with Crippen LogP contribution in [0.3, 0.4) is 0 Å². The number of esters is 1. The van der Waals surface area contributed by atoms with Crippen molar-refractivity contribution in [2.75, 3.05) is 19.6 Å². The molecule has 0 aromatic heterocycles. The molecule has 0 bridgehead atoms. The van der Waals surface area contributed by atoms with E-state index in [1.165, 1.54) is 32.1 Å². The first kappa shape index (κ1) is 15.8. The van der Waals surface area contributed by atoms with E-state index < -0.39 is 11.1 Å². The van der Waals surface area contributed by atoms with E-state index in [1.807, 2.05) is 20.8 Å². The predicted octanol–water partition coefficient (Wildman–Crippen LogP) is 2.23. The van der Waals surface area contributed by atoms with Crippen LogP contribution in [0.4, 0.5) is 0 Å². The van der Waals surface area contributed by atoms with Crippen LogP contribution in [0.1, 0.15) is 59.3 Å². The van der Waals surface area contributed by atoms with Gasteiger partial charge in [0.1, 0.15) is 11.1 Å². The topological polar surface area (TPSA) is 50.4 Å². The molecule has 1 saturated heterocycles. The van der Waals surface area contributed by atoms with Gasteiger partial charge < -0.3 is 10.1 Å². The van der Waals surface area contributed by atoms with Gasteiger partial charge in [0.05, 0.1) is 0 Å². The molecule has 0 spiro atoms. The van der Waals surface area contributed by atoms with Crippen LogP contribution in [-0.2, 0) is 9.53 Å². The Morgan fingerprint density at radius 2 is 1.90 bits per heavy atom. The Morgan fingerprint density at radius 1 is 1.20 bits per heavy atom. The zero-order valence-corrected chi connectivity index (χ0v) is 13.3. The molecular weight excluding hydrogens is 252 g/mol. The van der Waals surface area contributed by atoms with Gasteiger partial charge in [-0.15, -0.1) is 0 Å². The minimum atomic E-state index is -0.520. The fraction of sp³-hybridized carbons (Fsp3) is 0.938. The minimum Gasteiger partial charge on any atom is -0.459 e. The lowest BCUT2D eigenvalue weighted by atomic mass is 9.78.